The lowest BCUT2D eigenvalue weighted by Crippen LogP contribution is -2.46. The minimum Gasteiger partial charge on any atom is -0.480 e. The zero-order valence-corrected chi connectivity index (χ0v) is 9.85. The van der Waals surface area contributed by atoms with Crippen LogP contribution in [0.1, 0.15) is 27.2 Å². The normalized spacial score (nSPS) is 13.4. The molecule has 17 heavy (non-hydrogen) atoms. The number of hydrogen-bond donors (Lipinski definition) is 2. The summed E-state index contributed by atoms with van der Waals surface area (Å²) in [6, 6.07) is -1.31. The highest BCUT2D eigenvalue weighted by Crippen LogP contribution is 1.98. The molecule has 7 heteroatoms. The molecule has 0 saturated carbocycles. The number of hydrogen-bond acceptors (Lipinski definition) is 5. The van der Waals surface area contributed by atoms with Crippen LogP contribution in [0.15, 0.2) is 0 Å². The highest BCUT2D eigenvalue weighted by molar-refractivity contribution is 5.90. The second kappa shape index (κ2) is 6.62. The van der Waals surface area contributed by atoms with E-state index < -0.39 is 30.0 Å². The van der Waals surface area contributed by atoms with Crippen LogP contribution in [0.2, 0.25) is 0 Å². The molecular weight excluding hydrogens is 230 g/mol. The molecular formula is C10H15NO6. The monoisotopic (exact) mass is 245 g/mol. The molecule has 0 rings (SSSR count). The van der Waals surface area contributed by atoms with E-state index in [2.05, 4.69) is 10.1 Å². The van der Waals surface area contributed by atoms with Gasteiger partial charge in [0.25, 0.3) is 5.91 Å². The van der Waals surface area contributed by atoms with E-state index in [-0.39, 0.29) is 12.2 Å². The molecule has 0 bridgehead atoms. The number of carboxylic acid groups (broad SMARTS) is 1. The molecule has 0 aliphatic carbocycles. The maximum absolute atomic E-state index is 11.4. The van der Waals surface area contributed by atoms with Gasteiger partial charge in [-0.25, -0.2) is 4.79 Å². The number of ketones is 1. The predicted octanol–water partition coefficient (Wildman–Crippen LogP) is -0.513. The maximum Gasteiger partial charge on any atom is 0.326 e. The third-order valence-corrected chi connectivity index (χ3v) is 1.82. The Labute approximate surface area is 98.1 Å². The van der Waals surface area contributed by atoms with Crippen molar-refractivity contribution in [3.05, 3.63) is 0 Å². The first kappa shape index (κ1) is 15.1. The molecule has 0 fully saturated rings. The first-order chi connectivity index (χ1) is 7.73. The topological polar surface area (TPSA) is 110 Å². The van der Waals surface area contributed by atoms with E-state index in [0.29, 0.717) is 0 Å². The summed E-state index contributed by atoms with van der Waals surface area (Å²) in [5.41, 5.74) is 0. The average molecular weight is 245 g/mol. The number of aliphatic carboxylic acids is 1. The van der Waals surface area contributed by atoms with Crippen molar-refractivity contribution in [3.8, 4) is 0 Å². The van der Waals surface area contributed by atoms with E-state index in [0.717, 1.165) is 6.92 Å². The lowest BCUT2D eigenvalue weighted by Gasteiger charge is -2.16. The van der Waals surface area contributed by atoms with E-state index in [4.69, 9.17) is 5.11 Å². The predicted molar refractivity (Wildman–Crippen MR) is 56.1 cm³/mol. The summed E-state index contributed by atoms with van der Waals surface area (Å²) in [5.74, 6) is -3.08. The third-order valence-electron chi connectivity index (χ3n) is 1.82. The van der Waals surface area contributed by atoms with Crippen LogP contribution in [0.5, 0.6) is 0 Å². The molecule has 0 aliphatic heterocycles. The molecule has 0 unspecified atom stereocenters. The summed E-state index contributed by atoms with van der Waals surface area (Å²) in [7, 11) is 0. The number of ether oxygens (including phenoxy) is 1. The standard InChI is InChI=1S/C10H15NO6/c1-5(12)4-8(10(15)16)11-9(14)6(2)17-7(3)13/h6,8H,4H2,1-3H3,(H,11,14)(H,15,16)/t6-,8-/m0/s1. The fourth-order valence-electron chi connectivity index (χ4n) is 1.08. The largest absolute Gasteiger partial charge is 0.480 e. The summed E-state index contributed by atoms with van der Waals surface area (Å²) in [5, 5.41) is 10.9. The van der Waals surface area contributed by atoms with E-state index in [1.54, 1.807) is 0 Å². The first-order valence-electron chi connectivity index (χ1n) is 4.94. The molecule has 0 spiro atoms. The summed E-state index contributed by atoms with van der Waals surface area (Å²) < 4.78 is 4.57. The van der Waals surface area contributed by atoms with Crippen molar-refractivity contribution in [2.75, 3.05) is 0 Å². The zero-order chi connectivity index (χ0) is 13.6. The number of amides is 1. The van der Waals surface area contributed by atoms with Crippen LogP contribution in [-0.2, 0) is 23.9 Å². The first-order valence-corrected chi connectivity index (χ1v) is 4.94. The van der Waals surface area contributed by atoms with Gasteiger partial charge in [0.05, 0.1) is 0 Å². The zero-order valence-electron chi connectivity index (χ0n) is 9.85. The Balaban J connectivity index is 4.44. The Morgan fingerprint density at radius 2 is 1.76 bits per heavy atom. The van der Waals surface area contributed by atoms with Crippen molar-refractivity contribution >= 4 is 23.6 Å². The Hall–Kier alpha value is -1.92. The summed E-state index contributed by atoms with van der Waals surface area (Å²) >= 11 is 0. The number of carbonyl (C=O) groups excluding carboxylic acids is 3. The SMILES string of the molecule is CC(=O)C[C@H](NC(=O)[C@H](C)OC(C)=O)C(=O)O. The quantitative estimate of drug-likeness (QED) is 0.610. The Morgan fingerprint density at radius 1 is 1.24 bits per heavy atom. The van der Waals surface area contributed by atoms with E-state index in [1.165, 1.54) is 13.8 Å². The minimum absolute atomic E-state index is 0.312. The van der Waals surface area contributed by atoms with Crippen LogP contribution in [-0.4, -0.2) is 40.9 Å². The van der Waals surface area contributed by atoms with Crippen LogP contribution in [0.3, 0.4) is 0 Å². The lowest BCUT2D eigenvalue weighted by molar-refractivity contribution is -0.154. The number of carboxylic acids is 1. The fraction of sp³-hybridized carbons (Fsp3) is 0.600. The third kappa shape index (κ3) is 6.29. The highest BCUT2D eigenvalue weighted by Gasteiger charge is 2.25. The smallest absolute Gasteiger partial charge is 0.326 e. The van der Waals surface area contributed by atoms with E-state index >= 15 is 0 Å². The van der Waals surface area contributed by atoms with Crippen LogP contribution < -0.4 is 5.32 Å². The van der Waals surface area contributed by atoms with Gasteiger partial charge in [-0.2, -0.15) is 0 Å². The molecule has 0 aromatic heterocycles. The van der Waals surface area contributed by atoms with Gasteiger partial charge in [0.1, 0.15) is 11.8 Å². The van der Waals surface area contributed by atoms with Crippen molar-refractivity contribution in [1.29, 1.82) is 0 Å². The number of rotatable bonds is 6. The summed E-state index contributed by atoms with van der Waals surface area (Å²) in [6.45, 7) is 3.66. The van der Waals surface area contributed by atoms with Gasteiger partial charge in [0.2, 0.25) is 0 Å². The molecule has 0 saturated heterocycles. The Bertz CT molecular complexity index is 338. The van der Waals surface area contributed by atoms with Crippen molar-refractivity contribution in [3.63, 3.8) is 0 Å². The number of esters is 1. The molecule has 0 aromatic rings. The van der Waals surface area contributed by atoms with Gasteiger partial charge < -0.3 is 15.2 Å². The van der Waals surface area contributed by atoms with Gasteiger partial charge in [0, 0.05) is 13.3 Å². The number of nitrogens with one attached hydrogen (secondary N) is 1. The molecule has 0 aromatic carbocycles. The summed E-state index contributed by atoms with van der Waals surface area (Å²) in [4.78, 5) is 43.5. The average Bonchev–Trinajstić information content (AvgIpc) is 2.14. The van der Waals surface area contributed by atoms with Crippen molar-refractivity contribution in [2.45, 2.75) is 39.3 Å². The van der Waals surface area contributed by atoms with Gasteiger partial charge in [-0.1, -0.05) is 0 Å². The molecule has 1 amide bonds. The molecule has 96 valence electrons. The minimum atomic E-state index is -1.32. The van der Waals surface area contributed by atoms with Gasteiger partial charge in [-0.3, -0.25) is 14.4 Å². The lowest BCUT2D eigenvalue weighted by atomic mass is 10.1. The van der Waals surface area contributed by atoms with Gasteiger partial charge in [-0.05, 0) is 13.8 Å². The number of Topliss-reactive ketones (excluding diaryl/α,β-unsaturated/α-hetero) is 1. The van der Waals surface area contributed by atoms with E-state index in [1.807, 2.05) is 0 Å². The van der Waals surface area contributed by atoms with Crippen molar-refractivity contribution < 1.29 is 29.0 Å². The molecule has 0 radical (unpaired) electrons. The van der Waals surface area contributed by atoms with E-state index in [9.17, 15) is 19.2 Å². The Kier molecular flexibility index (Phi) is 5.87. The molecule has 2 N–H and O–H groups in total. The van der Waals surface area contributed by atoms with Crippen LogP contribution in [0.4, 0.5) is 0 Å². The molecule has 0 heterocycles. The van der Waals surface area contributed by atoms with Crippen LogP contribution >= 0.6 is 0 Å². The van der Waals surface area contributed by atoms with Gasteiger partial charge in [0.15, 0.2) is 6.10 Å². The van der Waals surface area contributed by atoms with Gasteiger partial charge >= 0.3 is 11.9 Å². The van der Waals surface area contributed by atoms with Crippen LogP contribution in [0.25, 0.3) is 0 Å². The molecule has 0 aliphatic rings. The second-order valence-corrected chi connectivity index (χ2v) is 3.56. The van der Waals surface area contributed by atoms with Gasteiger partial charge in [-0.15, -0.1) is 0 Å². The van der Waals surface area contributed by atoms with Crippen molar-refractivity contribution in [1.82, 2.24) is 5.32 Å². The number of carbonyl (C=O) groups is 4. The fourth-order valence-corrected chi connectivity index (χ4v) is 1.08. The maximum atomic E-state index is 11.4. The summed E-state index contributed by atoms with van der Waals surface area (Å²) in [6.07, 6.45) is -1.41. The molecule has 7 nitrogen and oxygen atoms in total. The van der Waals surface area contributed by atoms with Crippen molar-refractivity contribution in [2.24, 2.45) is 0 Å². The highest BCUT2D eigenvalue weighted by atomic mass is 16.5. The Morgan fingerprint density at radius 3 is 2.12 bits per heavy atom. The molecule has 2 atom stereocenters. The second-order valence-electron chi connectivity index (χ2n) is 3.56. The van der Waals surface area contributed by atoms with Crippen LogP contribution in [0, 0.1) is 0 Å².